The molecule has 0 amide bonds. The van der Waals surface area contributed by atoms with Gasteiger partial charge in [0.2, 0.25) is 13.9 Å². The third kappa shape index (κ3) is 6.02. The molecule has 0 heterocycles. The van der Waals surface area contributed by atoms with Gasteiger partial charge >= 0.3 is 5.97 Å². The van der Waals surface area contributed by atoms with E-state index in [4.69, 9.17) is 0 Å². The Labute approximate surface area is 94.4 Å². The van der Waals surface area contributed by atoms with Gasteiger partial charge in [0.15, 0.2) is 0 Å². The first-order valence-corrected chi connectivity index (χ1v) is 7.26. The largest absolute Gasteiger partial charge is 0.467 e. The molecule has 0 bridgehead atoms. The van der Waals surface area contributed by atoms with Crippen LogP contribution in [0.1, 0.15) is 0 Å². The molecular formula is C7H13O7PS. The van der Waals surface area contributed by atoms with Crippen LogP contribution in [0.5, 0.6) is 0 Å². The van der Waals surface area contributed by atoms with Gasteiger partial charge in [0.25, 0.3) is 10.1 Å². The first kappa shape index (κ1) is 15.3. The summed E-state index contributed by atoms with van der Waals surface area (Å²) in [4.78, 5) is 11.1. The second-order valence-corrected chi connectivity index (χ2v) is 5.67. The Balaban J connectivity index is 4.73. The molecule has 0 fully saturated rings. The summed E-state index contributed by atoms with van der Waals surface area (Å²) in [7, 11) is -5.94. The van der Waals surface area contributed by atoms with Crippen LogP contribution in [0.15, 0.2) is 12.7 Å². The summed E-state index contributed by atoms with van der Waals surface area (Å²) >= 11 is 0. The third-order valence-electron chi connectivity index (χ3n) is 1.24. The Kier molecular flexibility index (Phi) is 6.51. The first-order valence-electron chi connectivity index (χ1n) is 4.05. The number of hydrogen-bond donors (Lipinski definition) is 0. The van der Waals surface area contributed by atoms with Crippen LogP contribution in [-0.2, 0) is 32.9 Å². The zero-order valence-electron chi connectivity index (χ0n) is 8.83. The van der Waals surface area contributed by atoms with Gasteiger partial charge in [-0.25, -0.2) is 8.98 Å². The van der Waals surface area contributed by atoms with Crippen molar-refractivity contribution in [1.29, 1.82) is 0 Å². The molecule has 16 heavy (non-hydrogen) atoms. The molecule has 2 unspecified atom stereocenters. The van der Waals surface area contributed by atoms with Crippen molar-refractivity contribution in [3.8, 4) is 0 Å². The van der Waals surface area contributed by atoms with E-state index in [1.165, 1.54) is 6.08 Å². The summed E-state index contributed by atoms with van der Waals surface area (Å²) in [5, 5.41) is 0. The van der Waals surface area contributed by atoms with Gasteiger partial charge in [0.05, 0.1) is 20.0 Å². The number of esters is 1. The van der Waals surface area contributed by atoms with Crippen molar-refractivity contribution < 1.29 is 31.2 Å². The molecule has 0 rings (SSSR count). The Morgan fingerprint density at radius 3 is 2.50 bits per heavy atom. The molecule has 0 aromatic heterocycles. The van der Waals surface area contributed by atoms with Crippen molar-refractivity contribution in [2.45, 2.75) is 5.85 Å². The monoisotopic (exact) mass is 272 g/mol. The average Bonchev–Trinajstić information content (AvgIpc) is 2.20. The zero-order chi connectivity index (χ0) is 12.8. The van der Waals surface area contributed by atoms with E-state index in [0.29, 0.717) is 0 Å². The van der Waals surface area contributed by atoms with Crippen molar-refractivity contribution in [3.63, 3.8) is 0 Å². The summed E-state index contributed by atoms with van der Waals surface area (Å²) in [6.45, 7) is 3.22. The smallest absolute Gasteiger partial charge is 0.346 e. The molecular weight excluding hydrogens is 259 g/mol. The van der Waals surface area contributed by atoms with Gasteiger partial charge < -0.3 is 9.26 Å². The fraction of sp³-hybridized carbons (Fsp3) is 0.571. The predicted octanol–water partition coefficient (Wildman–Crippen LogP) is 0.139. The second-order valence-electron chi connectivity index (χ2n) is 2.62. The molecule has 0 aliphatic heterocycles. The highest BCUT2D eigenvalue weighted by atomic mass is 32.2. The van der Waals surface area contributed by atoms with E-state index in [1.807, 2.05) is 0 Å². The van der Waals surface area contributed by atoms with Crippen LogP contribution < -0.4 is 0 Å². The standard InChI is InChI=1S/C7H13O7PS/c1-4-5-13-15(9)7(6(8)12-2)14-16(3,10)11/h4,7,15H,1,5H2,2-3H3. The molecule has 2 atom stereocenters. The minimum Gasteiger partial charge on any atom is -0.467 e. The predicted molar refractivity (Wildman–Crippen MR) is 56.9 cm³/mol. The lowest BCUT2D eigenvalue weighted by atomic mass is 10.7. The van der Waals surface area contributed by atoms with Crippen molar-refractivity contribution in [3.05, 3.63) is 12.7 Å². The summed E-state index contributed by atoms with van der Waals surface area (Å²) in [5.41, 5.74) is 0. The van der Waals surface area contributed by atoms with Crippen LogP contribution in [0.4, 0.5) is 0 Å². The maximum Gasteiger partial charge on any atom is 0.346 e. The van der Waals surface area contributed by atoms with Crippen LogP contribution in [0.25, 0.3) is 0 Å². The van der Waals surface area contributed by atoms with E-state index in [2.05, 4.69) is 20.0 Å². The van der Waals surface area contributed by atoms with Gasteiger partial charge in [-0.1, -0.05) is 6.08 Å². The summed E-state index contributed by atoms with van der Waals surface area (Å²) < 4.78 is 46.3. The number of rotatable bonds is 7. The highest BCUT2D eigenvalue weighted by molar-refractivity contribution is 7.86. The van der Waals surface area contributed by atoms with Gasteiger partial charge in [-0.3, -0.25) is 4.57 Å². The molecule has 0 N–H and O–H groups in total. The van der Waals surface area contributed by atoms with Crippen LogP contribution >= 0.6 is 8.03 Å². The Morgan fingerprint density at radius 1 is 1.56 bits per heavy atom. The van der Waals surface area contributed by atoms with Crippen LogP contribution in [0.3, 0.4) is 0 Å². The lowest BCUT2D eigenvalue weighted by Gasteiger charge is -2.13. The maximum atomic E-state index is 11.4. The lowest BCUT2D eigenvalue weighted by Crippen LogP contribution is -2.25. The quantitative estimate of drug-likeness (QED) is 0.281. The minimum atomic E-state index is -3.93. The van der Waals surface area contributed by atoms with Crippen molar-refractivity contribution in [1.82, 2.24) is 0 Å². The van der Waals surface area contributed by atoms with Gasteiger partial charge in [0.1, 0.15) is 0 Å². The van der Waals surface area contributed by atoms with Gasteiger partial charge in [-0.15, -0.1) is 6.58 Å². The molecule has 0 aliphatic rings. The van der Waals surface area contributed by atoms with Crippen LogP contribution in [0.2, 0.25) is 0 Å². The number of carbonyl (C=O) groups excluding carboxylic acids is 1. The van der Waals surface area contributed by atoms with Gasteiger partial charge in [0, 0.05) is 0 Å². The summed E-state index contributed by atoms with van der Waals surface area (Å²) in [6, 6.07) is 0. The lowest BCUT2D eigenvalue weighted by molar-refractivity contribution is -0.145. The normalized spacial score (nSPS) is 15.1. The molecule has 0 saturated carbocycles. The topological polar surface area (TPSA) is 96.0 Å². The SMILES string of the molecule is C=CCO[PH](=O)C(OS(C)(=O)=O)C(=O)OC. The minimum absolute atomic E-state index is 0.0849. The molecule has 0 aromatic rings. The van der Waals surface area contributed by atoms with E-state index in [-0.39, 0.29) is 6.61 Å². The summed E-state index contributed by atoms with van der Waals surface area (Å²) in [6.07, 6.45) is 2.03. The summed E-state index contributed by atoms with van der Waals surface area (Å²) in [5.74, 6) is -2.83. The second kappa shape index (κ2) is 6.80. The Hall–Kier alpha value is -0.690. The molecule has 0 aliphatic carbocycles. The number of methoxy groups -OCH3 is 1. The number of hydrogen-bond acceptors (Lipinski definition) is 7. The molecule has 0 spiro atoms. The zero-order valence-corrected chi connectivity index (χ0v) is 10.7. The molecule has 7 nitrogen and oxygen atoms in total. The first-order chi connectivity index (χ1) is 7.31. The molecule has 0 aromatic carbocycles. The molecule has 0 saturated heterocycles. The molecule has 9 heteroatoms. The van der Waals surface area contributed by atoms with E-state index in [0.717, 1.165) is 13.4 Å². The van der Waals surface area contributed by atoms with Crippen molar-refractivity contribution in [2.24, 2.45) is 0 Å². The highest BCUT2D eigenvalue weighted by Crippen LogP contribution is 2.32. The van der Waals surface area contributed by atoms with Gasteiger partial charge in [-0.05, 0) is 0 Å². The Morgan fingerprint density at radius 2 is 2.12 bits per heavy atom. The van der Waals surface area contributed by atoms with E-state index >= 15 is 0 Å². The maximum absolute atomic E-state index is 11.4. The molecule has 0 radical (unpaired) electrons. The average molecular weight is 272 g/mol. The number of carbonyl (C=O) groups is 1. The fourth-order valence-electron chi connectivity index (χ4n) is 0.673. The van der Waals surface area contributed by atoms with Crippen molar-refractivity contribution >= 4 is 24.1 Å². The fourth-order valence-corrected chi connectivity index (χ4v) is 2.68. The van der Waals surface area contributed by atoms with Gasteiger partial charge in [-0.2, -0.15) is 8.42 Å². The third-order valence-corrected chi connectivity index (χ3v) is 3.19. The van der Waals surface area contributed by atoms with Crippen LogP contribution in [-0.4, -0.2) is 40.2 Å². The van der Waals surface area contributed by atoms with E-state index in [9.17, 15) is 17.8 Å². The van der Waals surface area contributed by atoms with Crippen LogP contribution in [0, 0.1) is 0 Å². The Bertz CT molecular complexity index is 374. The van der Waals surface area contributed by atoms with E-state index in [1.54, 1.807) is 0 Å². The van der Waals surface area contributed by atoms with E-state index < -0.39 is 30.0 Å². The van der Waals surface area contributed by atoms with Crippen molar-refractivity contribution in [2.75, 3.05) is 20.0 Å². The number of ether oxygens (including phenoxy) is 1. The molecule has 94 valence electrons. The highest BCUT2D eigenvalue weighted by Gasteiger charge is 2.31.